The van der Waals surface area contributed by atoms with E-state index in [-0.39, 0.29) is 11.4 Å². The van der Waals surface area contributed by atoms with Gasteiger partial charge in [-0.15, -0.1) is 0 Å². The summed E-state index contributed by atoms with van der Waals surface area (Å²) in [6.45, 7) is 2.56. The fourth-order valence-corrected chi connectivity index (χ4v) is 4.17. The van der Waals surface area contributed by atoms with E-state index in [2.05, 4.69) is 4.72 Å². The highest BCUT2D eigenvalue weighted by atomic mass is 32.2. The van der Waals surface area contributed by atoms with Gasteiger partial charge in [-0.3, -0.25) is 0 Å². The minimum absolute atomic E-state index is 0.0412. The Morgan fingerprint density at radius 2 is 1.88 bits per heavy atom. The Morgan fingerprint density at radius 3 is 2.60 bits per heavy atom. The molecule has 0 aromatic heterocycles. The first-order valence-electron chi connectivity index (χ1n) is 8.48. The van der Waals surface area contributed by atoms with Crippen molar-refractivity contribution in [2.24, 2.45) is 0 Å². The molecule has 0 saturated carbocycles. The number of nitrogens with one attached hydrogen (secondary N) is 1. The van der Waals surface area contributed by atoms with Crippen molar-refractivity contribution in [3.63, 3.8) is 0 Å². The van der Waals surface area contributed by atoms with Crippen molar-refractivity contribution in [1.29, 1.82) is 0 Å². The second-order valence-electron chi connectivity index (χ2n) is 6.33. The lowest BCUT2D eigenvalue weighted by Crippen LogP contribution is -2.39. The van der Waals surface area contributed by atoms with Gasteiger partial charge in [-0.25, -0.2) is 13.1 Å². The summed E-state index contributed by atoms with van der Waals surface area (Å²) in [6.07, 6.45) is 2.15. The maximum Gasteiger partial charge on any atom is 0.240 e. The SMILES string of the molecule is CCCOc1ccc(S(=O)(=O)NCC2(O)CCc3ccccc32)cc1. The number of aryl methyl sites for hydroxylation is 1. The molecule has 134 valence electrons. The molecule has 2 aromatic rings. The molecule has 0 saturated heterocycles. The maximum absolute atomic E-state index is 12.5. The third-order valence-electron chi connectivity index (χ3n) is 4.49. The standard InChI is InChI=1S/C19H23NO4S/c1-2-13-24-16-7-9-17(10-8-16)25(22,23)20-14-19(21)12-11-15-5-3-4-6-18(15)19/h3-10,20-21H,2,11-14H2,1H3. The van der Waals surface area contributed by atoms with Crippen molar-refractivity contribution >= 4 is 10.0 Å². The number of rotatable bonds is 7. The van der Waals surface area contributed by atoms with E-state index in [9.17, 15) is 13.5 Å². The fraction of sp³-hybridized carbons (Fsp3) is 0.368. The van der Waals surface area contributed by atoms with E-state index >= 15 is 0 Å². The zero-order valence-corrected chi connectivity index (χ0v) is 15.1. The van der Waals surface area contributed by atoms with Crippen LogP contribution < -0.4 is 9.46 Å². The molecule has 0 amide bonds. The van der Waals surface area contributed by atoms with Crippen LogP contribution in [0, 0.1) is 0 Å². The summed E-state index contributed by atoms with van der Waals surface area (Å²) in [4.78, 5) is 0.159. The molecule has 0 bridgehead atoms. The quantitative estimate of drug-likeness (QED) is 0.795. The molecule has 1 aliphatic rings. The summed E-state index contributed by atoms with van der Waals surface area (Å²) < 4.78 is 33.0. The molecule has 3 rings (SSSR count). The predicted octanol–water partition coefficient (Wildman–Crippen LogP) is 2.59. The third kappa shape index (κ3) is 3.86. The van der Waals surface area contributed by atoms with Crippen LogP contribution in [-0.4, -0.2) is 26.7 Å². The van der Waals surface area contributed by atoms with E-state index in [4.69, 9.17) is 4.74 Å². The Balaban J connectivity index is 1.70. The lowest BCUT2D eigenvalue weighted by atomic mass is 9.96. The lowest BCUT2D eigenvalue weighted by molar-refractivity contribution is 0.0442. The average Bonchev–Trinajstić information content (AvgIpc) is 2.97. The third-order valence-corrected chi connectivity index (χ3v) is 5.91. The summed E-state index contributed by atoms with van der Waals surface area (Å²) in [6, 6.07) is 13.9. The molecule has 0 aliphatic heterocycles. The number of hydrogen-bond acceptors (Lipinski definition) is 4. The molecule has 0 heterocycles. The largest absolute Gasteiger partial charge is 0.494 e. The Bertz CT molecular complexity index is 833. The highest BCUT2D eigenvalue weighted by molar-refractivity contribution is 7.89. The van der Waals surface area contributed by atoms with Crippen LogP contribution in [0.1, 0.15) is 30.9 Å². The molecule has 0 spiro atoms. The van der Waals surface area contributed by atoms with Crippen LogP contribution in [0.3, 0.4) is 0 Å². The van der Waals surface area contributed by atoms with E-state index in [1.807, 2.05) is 31.2 Å². The molecule has 5 nitrogen and oxygen atoms in total. The first-order chi connectivity index (χ1) is 11.9. The number of aliphatic hydroxyl groups is 1. The van der Waals surface area contributed by atoms with Crippen molar-refractivity contribution in [3.8, 4) is 5.75 Å². The van der Waals surface area contributed by atoms with Crippen molar-refractivity contribution in [2.75, 3.05) is 13.2 Å². The van der Waals surface area contributed by atoms with E-state index in [0.717, 1.165) is 24.0 Å². The van der Waals surface area contributed by atoms with Crippen molar-refractivity contribution < 1.29 is 18.3 Å². The normalized spacial score (nSPS) is 19.6. The van der Waals surface area contributed by atoms with Gasteiger partial charge in [0, 0.05) is 6.54 Å². The first kappa shape index (κ1) is 17.9. The molecule has 2 aromatic carbocycles. The van der Waals surface area contributed by atoms with E-state index in [1.165, 1.54) is 12.1 Å². The fourth-order valence-electron chi connectivity index (χ4n) is 3.08. The molecule has 1 unspecified atom stereocenters. The topological polar surface area (TPSA) is 75.6 Å². The van der Waals surface area contributed by atoms with Crippen molar-refractivity contribution in [2.45, 2.75) is 36.7 Å². The van der Waals surface area contributed by atoms with Gasteiger partial charge < -0.3 is 9.84 Å². The van der Waals surface area contributed by atoms with Gasteiger partial charge in [0.2, 0.25) is 10.0 Å². The molecule has 25 heavy (non-hydrogen) atoms. The number of benzene rings is 2. The van der Waals surface area contributed by atoms with Crippen LogP contribution in [0.2, 0.25) is 0 Å². The molecule has 2 N–H and O–H groups in total. The van der Waals surface area contributed by atoms with Crippen LogP contribution >= 0.6 is 0 Å². The van der Waals surface area contributed by atoms with Crippen molar-refractivity contribution in [1.82, 2.24) is 4.72 Å². The summed E-state index contributed by atoms with van der Waals surface area (Å²) in [5.74, 6) is 0.643. The number of ether oxygens (including phenoxy) is 1. The Morgan fingerprint density at radius 1 is 1.16 bits per heavy atom. The maximum atomic E-state index is 12.5. The molecule has 0 radical (unpaired) electrons. The minimum atomic E-state index is -3.69. The number of sulfonamides is 1. The van der Waals surface area contributed by atoms with Crippen LogP contribution in [-0.2, 0) is 22.0 Å². The van der Waals surface area contributed by atoms with Gasteiger partial charge in [0.1, 0.15) is 11.4 Å². The Kier molecular flexibility index (Phi) is 5.13. The Labute approximate surface area is 148 Å². The number of fused-ring (bicyclic) bond motifs is 1. The number of hydrogen-bond donors (Lipinski definition) is 2. The summed E-state index contributed by atoms with van der Waals surface area (Å²) >= 11 is 0. The summed E-state index contributed by atoms with van der Waals surface area (Å²) in [5, 5.41) is 10.8. The monoisotopic (exact) mass is 361 g/mol. The first-order valence-corrected chi connectivity index (χ1v) is 9.96. The van der Waals surface area contributed by atoms with Gasteiger partial charge in [0.15, 0.2) is 0 Å². The molecule has 6 heteroatoms. The Hall–Kier alpha value is -1.89. The van der Waals surface area contributed by atoms with Gasteiger partial charge in [-0.2, -0.15) is 0 Å². The minimum Gasteiger partial charge on any atom is -0.494 e. The smallest absolute Gasteiger partial charge is 0.240 e. The molecular weight excluding hydrogens is 338 g/mol. The predicted molar refractivity (Wildman–Crippen MR) is 96.1 cm³/mol. The second kappa shape index (κ2) is 7.15. The van der Waals surface area contributed by atoms with Gasteiger partial charge in [-0.05, 0) is 54.7 Å². The van der Waals surface area contributed by atoms with Gasteiger partial charge in [0.05, 0.1) is 11.5 Å². The van der Waals surface area contributed by atoms with E-state index < -0.39 is 15.6 Å². The van der Waals surface area contributed by atoms with Crippen LogP contribution in [0.25, 0.3) is 0 Å². The van der Waals surface area contributed by atoms with Crippen LogP contribution in [0.5, 0.6) is 5.75 Å². The van der Waals surface area contributed by atoms with Gasteiger partial charge >= 0.3 is 0 Å². The summed E-state index contributed by atoms with van der Waals surface area (Å²) in [5.41, 5.74) is 0.719. The zero-order valence-electron chi connectivity index (χ0n) is 14.2. The average molecular weight is 361 g/mol. The summed E-state index contributed by atoms with van der Waals surface area (Å²) in [7, 11) is -3.69. The highest BCUT2D eigenvalue weighted by Gasteiger charge is 2.37. The van der Waals surface area contributed by atoms with Gasteiger partial charge in [-0.1, -0.05) is 31.2 Å². The van der Waals surface area contributed by atoms with Gasteiger partial charge in [0.25, 0.3) is 0 Å². The molecule has 0 fully saturated rings. The zero-order chi connectivity index (χ0) is 17.9. The molecular formula is C19H23NO4S. The van der Waals surface area contributed by atoms with E-state index in [0.29, 0.717) is 18.8 Å². The highest BCUT2D eigenvalue weighted by Crippen LogP contribution is 2.36. The molecule has 1 aliphatic carbocycles. The van der Waals surface area contributed by atoms with E-state index in [1.54, 1.807) is 12.1 Å². The molecule has 1 atom stereocenters. The van der Waals surface area contributed by atoms with Crippen molar-refractivity contribution in [3.05, 3.63) is 59.7 Å². The second-order valence-corrected chi connectivity index (χ2v) is 8.10. The van der Waals surface area contributed by atoms with Crippen LogP contribution in [0.15, 0.2) is 53.4 Å². The lowest BCUT2D eigenvalue weighted by Gasteiger charge is -2.24. The van der Waals surface area contributed by atoms with Crippen LogP contribution in [0.4, 0.5) is 0 Å².